The van der Waals surface area contributed by atoms with Crippen molar-refractivity contribution in [1.82, 2.24) is 15.1 Å². The van der Waals surface area contributed by atoms with E-state index in [1.54, 1.807) is 0 Å². The van der Waals surface area contributed by atoms with Crippen LogP contribution < -0.4 is 5.32 Å². The maximum absolute atomic E-state index is 4.59. The molecular weight excluding hydrogens is 246 g/mol. The van der Waals surface area contributed by atoms with Crippen molar-refractivity contribution in [3.8, 4) is 0 Å². The molecule has 1 unspecified atom stereocenters. The fraction of sp³-hybridized carbons (Fsp3) is 0.471. The highest BCUT2D eigenvalue weighted by atomic mass is 15.3. The van der Waals surface area contributed by atoms with Crippen LogP contribution in [0.2, 0.25) is 0 Å². The number of hydrogen-bond acceptors (Lipinski definition) is 2. The number of nitrogens with zero attached hydrogens (tertiary/aromatic N) is 2. The van der Waals surface area contributed by atoms with Gasteiger partial charge in [0.1, 0.15) is 0 Å². The zero-order valence-corrected chi connectivity index (χ0v) is 13.2. The van der Waals surface area contributed by atoms with E-state index >= 15 is 0 Å². The minimum atomic E-state index is 0.304. The number of benzene rings is 1. The first-order chi connectivity index (χ1) is 9.51. The third kappa shape index (κ3) is 3.28. The zero-order chi connectivity index (χ0) is 14.7. The van der Waals surface area contributed by atoms with E-state index in [0.717, 1.165) is 18.8 Å². The number of rotatable bonds is 5. The van der Waals surface area contributed by atoms with E-state index in [2.05, 4.69) is 67.1 Å². The molecule has 2 aromatic rings. The maximum Gasteiger partial charge on any atom is 0.0607 e. The van der Waals surface area contributed by atoms with E-state index in [-0.39, 0.29) is 0 Å². The number of likely N-dealkylation sites (N-methyl/N-ethyl adjacent to an activating group) is 1. The first kappa shape index (κ1) is 14.8. The molecule has 0 saturated heterocycles. The van der Waals surface area contributed by atoms with Gasteiger partial charge in [-0.05, 0) is 51.4 Å². The summed E-state index contributed by atoms with van der Waals surface area (Å²) in [5.74, 6) is 0. The first-order valence-corrected chi connectivity index (χ1v) is 7.33. The summed E-state index contributed by atoms with van der Waals surface area (Å²) in [6.07, 6.45) is 0. The third-order valence-electron chi connectivity index (χ3n) is 3.72. The summed E-state index contributed by atoms with van der Waals surface area (Å²) in [6.45, 7) is 12.5. The Morgan fingerprint density at radius 2 is 1.90 bits per heavy atom. The molecule has 1 heterocycles. The van der Waals surface area contributed by atoms with E-state index in [1.165, 1.54) is 22.4 Å². The van der Waals surface area contributed by atoms with Crippen LogP contribution in [-0.4, -0.2) is 16.3 Å². The molecule has 20 heavy (non-hydrogen) atoms. The quantitative estimate of drug-likeness (QED) is 0.902. The van der Waals surface area contributed by atoms with Crippen molar-refractivity contribution in [3.63, 3.8) is 0 Å². The van der Waals surface area contributed by atoms with Gasteiger partial charge in [-0.2, -0.15) is 5.10 Å². The van der Waals surface area contributed by atoms with Gasteiger partial charge >= 0.3 is 0 Å². The predicted molar refractivity (Wildman–Crippen MR) is 84.0 cm³/mol. The predicted octanol–water partition coefficient (Wildman–Crippen LogP) is 3.47. The van der Waals surface area contributed by atoms with Gasteiger partial charge in [-0.15, -0.1) is 0 Å². The number of nitrogens with one attached hydrogen (secondary N) is 1. The molecule has 0 spiro atoms. The highest BCUT2D eigenvalue weighted by Crippen LogP contribution is 2.21. The van der Waals surface area contributed by atoms with E-state index in [0.29, 0.717) is 6.04 Å². The summed E-state index contributed by atoms with van der Waals surface area (Å²) in [4.78, 5) is 0. The van der Waals surface area contributed by atoms with Crippen LogP contribution in [0.5, 0.6) is 0 Å². The lowest BCUT2D eigenvalue weighted by Crippen LogP contribution is -2.27. The van der Waals surface area contributed by atoms with Crippen molar-refractivity contribution in [1.29, 1.82) is 0 Å². The molecular formula is C17H25N3. The molecule has 1 atom stereocenters. The molecule has 3 nitrogen and oxygen atoms in total. The minimum Gasteiger partial charge on any atom is -0.309 e. The van der Waals surface area contributed by atoms with Gasteiger partial charge < -0.3 is 5.32 Å². The molecule has 0 fully saturated rings. The van der Waals surface area contributed by atoms with Crippen molar-refractivity contribution in [2.45, 2.75) is 47.2 Å². The lowest BCUT2D eigenvalue weighted by atomic mass is 9.98. The fourth-order valence-electron chi connectivity index (χ4n) is 2.69. The highest BCUT2D eigenvalue weighted by molar-refractivity contribution is 5.33. The van der Waals surface area contributed by atoms with Gasteiger partial charge in [0.2, 0.25) is 0 Å². The van der Waals surface area contributed by atoms with Crippen LogP contribution >= 0.6 is 0 Å². The Balaban J connectivity index is 2.31. The smallest absolute Gasteiger partial charge is 0.0607 e. The van der Waals surface area contributed by atoms with Gasteiger partial charge in [-0.1, -0.05) is 30.7 Å². The van der Waals surface area contributed by atoms with E-state index < -0.39 is 0 Å². The second-order valence-electron chi connectivity index (χ2n) is 5.58. The zero-order valence-electron chi connectivity index (χ0n) is 13.2. The van der Waals surface area contributed by atoms with Crippen LogP contribution in [0.1, 0.15) is 41.0 Å². The average molecular weight is 271 g/mol. The van der Waals surface area contributed by atoms with Crippen LogP contribution in [0.25, 0.3) is 0 Å². The minimum absolute atomic E-state index is 0.304. The van der Waals surface area contributed by atoms with Gasteiger partial charge in [-0.25, -0.2) is 0 Å². The number of hydrogen-bond donors (Lipinski definition) is 1. The Hall–Kier alpha value is -1.61. The highest BCUT2D eigenvalue weighted by Gasteiger charge is 2.15. The van der Waals surface area contributed by atoms with Crippen LogP contribution in [-0.2, 0) is 6.54 Å². The second-order valence-corrected chi connectivity index (χ2v) is 5.58. The van der Waals surface area contributed by atoms with E-state index in [9.17, 15) is 0 Å². The maximum atomic E-state index is 4.59. The molecule has 0 amide bonds. The second kappa shape index (κ2) is 6.23. The van der Waals surface area contributed by atoms with Gasteiger partial charge in [0, 0.05) is 5.69 Å². The van der Waals surface area contributed by atoms with Crippen LogP contribution in [0, 0.1) is 27.7 Å². The molecule has 0 radical (unpaired) electrons. The van der Waals surface area contributed by atoms with Gasteiger partial charge in [0.25, 0.3) is 0 Å². The molecule has 0 bridgehead atoms. The standard InChI is InChI=1S/C17H25N3/c1-6-18-17(11-20-15(5)10-14(4)19-20)16-9-12(2)7-8-13(16)3/h7-10,17-18H,6,11H2,1-5H3. The number of aryl methyl sites for hydroxylation is 4. The van der Waals surface area contributed by atoms with Crippen LogP contribution in [0.4, 0.5) is 0 Å². The summed E-state index contributed by atoms with van der Waals surface area (Å²) in [7, 11) is 0. The molecule has 0 aliphatic carbocycles. The van der Waals surface area contributed by atoms with Crippen molar-refractivity contribution >= 4 is 0 Å². The Morgan fingerprint density at radius 3 is 2.50 bits per heavy atom. The average Bonchev–Trinajstić information content (AvgIpc) is 2.70. The normalized spacial score (nSPS) is 12.7. The Morgan fingerprint density at radius 1 is 1.15 bits per heavy atom. The van der Waals surface area contributed by atoms with E-state index in [4.69, 9.17) is 0 Å². The molecule has 1 aromatic heterocycles. The van der Waals surface area contributed by atoms with Crippen LogP contribution in [0.15, 0.2) is 24.3 Å². The van der Waals surface area contributed by atoms with Gasteiger partial charge in [0.05, 0.1) is 18.3 Å². The van der Waals surface area contributed by atoms with E-state index in [1.807, 2.05) is 6.92 Å². The summed E-state index contributed by atoms with van der Waals surface area (Å²) >= 11 is 0. The Kier molecular flexibility index (Phi) is 4.61. The van der Waals surface area contributed by atoms with Crippen molar-refractivity contribution < 1.29 is 0 Å². The lowest BCUT2D eigenvalue weighted by molar-refractivity contribution is 0.439. The van der Waals surface area contributed by atoms with Crippen molar-refractivity contribution in [2.24, 2.45) is 0 Å². The fourth-order valence-corrected chi connectivity index (χ4v) is 2.69. The molecule has 3 heteroatoms. The first-order valence-electron chi connectivity index (χ1n) is 7.33. The van der Waals surface area contributed by atoms with Gasteiger partial charge in [0.15, 0.2) is 0 Å². The molecule has 2 rings (SSSR count). The summed E-state index contributed by atoms with van der Waals surface area (Å²) in [5, 5.41) is 8.18. The molecule has 0 aliphatic heterocycles. The topological polar surface area (TPSA) is 29.9 Å². The number of aromatic nitrogens is 2. The Labute approximate surface area is 122 Å². The largest absolute Gasteiger partial charge is 0.309 e. The van der Waals surface area contributed by atoms with Crippen molar-refractivity contribution in [2.75, 3.05) is 6.54 Å². The summed E-state index contributed by atoms with van der Waals surface area (Å²) in [5.41, 5.74) is 6.32. The molecule has 0 aliphatic rings. The summed E-state index contributed by atoms with van der Waals surface area (Å²) in [6, 6.07) is 9.10. The third-order valence-corrected chi connectivity index (χ3v) is 3.72. The molecule has 1 aromatic carbocycles. The lowest BCUT2D eigenvalue weighted by Gasteiger charge is -2.21. The monoisotopic (exact) mass is 271 g/mol. The molecule has 0 saturated carbocycles. The molecule has 1 N–H and O–H groups in total. The van der Waals surface area contributed by atoms with Crippen molar-refractivity contribution in [3.05, 3.63) is 52.3 Å². The molecule has 108 valence electrons. The Bertz CT molecular complexity index is 584. The SMILES string of the molecule is CCNC(Cn1nc(C)cc1C)c1cc(C)ccc1C. The summed E-state index contributed by atoms with van der Waals surface area (Å²) < 4.78 is 2.10. The van der Waals surface area contributed by atoms with Crippen LogP contribution in [0.3, 0.4) is 0 Å². The van der Waals surface area contributed by atoms with Gasteiger partial charge in [-0.3, -0.25) is 4.68 Å².